The van der Waals surface area contributed by atoms with Crippen molar-refractivity contribution in [2.75, 3.05) is 5.32 Å². The van der Waals surface area contributed by atoms with Gasteiger partial charge in [-0.3, -0.25) is 4.79 Å². The summed E-state index contributed by atoms with van der Waals surface area (Å²) in [6.07, 6.45) is -2.89. The molecule has 1 aromatic heterocycles. The fourth-order valence-corrected chi connectivity index (χ4v) is 2.01. The van der Waals surface area contributed by atoms with Crippen LogP contribution in [0, 0.1) is 5.82 Å². The second kappa shape index (κ2) is 5.54. The van der Waals surface area contributed by atoms with E-state index in [-0.39, 0.29) is 15.6 Å². The average molecular weight is 308 g/mol. The molecular weight excluding hydrogens is 303 g/mol. The van der Waals surface area contributed by atoms with Crippen LogP contribution < -0.4 is 5.32 Å². The van der Waals surface area contributed by atoms with E-state index in [1.165, 1.54) is 12.1 Å². The van der Waals surface area contributed by atoms with E-state index in [1.54, 1.807) is 0 Å². The molecule has 0 aliphatic carbocycles. The summed E-state index contributed by atoms with van der Waals surface area (Å²) in [7, 11) is 0. The number of alkyl halides is 2. The van der Waals surface area contributed by atoms with E-state index in [2.05, 4.69) is 14.9 Å². The molecule has 2 rings (SSSR count). The number of anilines is 1. The van der Waals surface area contributed by atoms with Gasteiger partial charge in [-0.1, -0.05) is 16.1 Å². The highest BCUT2D eigenvalue weighted by Gasteiger charge is 2.23. The molecule has 4 nitrogen and oxygen atoms in total. The zero-order valence-corrected chi connectivity index (χ0v) is 10.6. The van der Waals surface area contributed by atoms with Crippen molar-refractivity contribution in [1.29, 1.82) is 0 Å². The van der Waals surface area contributed by atoms with Gasteiger partial charge in [-0.05, 0) is 29.7 Å². The predicted octanol–water partition coefficient (Wildman–Crippen LogP) is 3.52. The summed E-state index contributed by atoms with van der Waals surface area (Å²) in [5.41, 5.74) is -0.499. The summed E-state index contributed by atoms with van der Waals surface area (Å²) in [6.45, 7) is 0. The zero-order valence-electron chi connectivity index (χ0n) is 9.03. The smallest absolute Gasteiger partial charge is 0.283 e. The molecule has 1 aromatic carbocycles. The third-order valence-electron chi connectivity index (χ3n) is 2.10. The van der Waals surface area contributed by atoms with Gasteiger partial charge in [-0.15, -0.1) is 5.10 Å². The van der Waals surface area contributed by atoms with Crippen LogP contribution in [0.3, 0.4) is 0 Å². The summed E-state index contributed by atoms with van der Waals surface area (Å²) >= 11 is 6.09. The van der Waals surface area contributed by atoms with Crippen LogP contribution in [0.25, 0.3) is 0 Å². The Morgan fingerprint density at radius 3 is 2.79 bits per heavy atom. The number of hydrogen-bond donors (Lipinski definition) is 1. The first-order valence-corrected chi connectivity index (χ1v) is 6.01. The van der Waals surface area contributed by atoms with Gasteiger partial charge in [-0.2, -0.15) is 0 Å². The number of amides is 1. The minimum atomic E-state index is -2.89. The van der Waals surface area contributed by atoms with Crippen molar-refractivity contribution in [3.8, 4) is 0 Å². The molecular formula is C10H5ClF3N3OS. The number of nitrogens with one attached hydrogen (secondary N) is 1. The Morgan fingerprint density at radius 2 is 2.16 bits per heavy atom. The third kappa shape index (κ3) is 3.02. The normalized spacial score (nSPS) is 10.8. The van der Waals surface area contributed by atoms with Gasteiger partial charge in [0, 0.05) is 5.69 Å². The number of carbonyl (C=O) groups excluding carboxylic acids is 1. The van der Waals surface area contributed by atoms with Crippen molar-refractivity contribution in [3.05, 3.63) is 39.6 Å². The van der Waals surface area contributed by atoms with E-state index in [4.69, 9.17) is 11.6 Å². The van der Waals surface area contributed by atoms with Crippen molar-refractivity contribution >= 4 is 34.7 Å². The molecule has 0 saturated heterocycles. The number of halogens is 4. The highest BCUT2D eigenvalue weighted by molar-refractivity contribution is 7.08. The predicted molar refractivity (Wildman–Crippen MR) is 64.2 cm³/mol. The lowest BCUT2D eigenvalue weighted by atomic mass is 10.3. The van der Waals surface area contributed by atoms with Gasteiger partial charge in [-0.25, -0.2) is 13.2 Å². The molecule has 0 unspecified atom stereocenters. The van der Waals surface area contributed by atoms with Crippen LogP contribution in [0.1, 0.15) is 21.8 Å². The Morgan fingerprint density at radius 1 is 1.42 bits per heavy atom. The number of rotatable bonds is 3. The molecule has 9 heteroatoms. The number of aromatic nitrogens is 2. The maximum atomic E-state index is 12.9. The fourth-order valence-electron chi connectivity index (χ4n) is 1.26. The highest BCUT2D eigenvalue weighted by Crippen LogP contribution is 2.25. The van der Waals surface area contributed by atoms with Gasteiger partial charge in [0.25, 0.3) is 12.3 Å². The largest absolute Gasteiger partial charge is 0.321 e. The lowest BCUT2D eigenvalue weighted by Crippen LogP contribution is -2.12. The molecule has 19 heavy (non-hydrogen) atoms. The first kappa shape index (κ1) is 13.8. The van der Waals surface area contributed by atoms with E-state index in [1.807, 2.05) is 0 Å². The fraction of sp³-hybridized carbons (Fsp3) is 0.100. The van der Waals surface area contributed by atoms with E-state index in [0.29, 0.717) is 11.5 Å². The van der Waals surface area contributed by atoms with Crippen LogP contribution in [0.4, 0.5) is 18.9 Å². The van der Waals surface area contributed by atoms with Crippen LogP contribution in [-0.4, -0.2) is 15.5 Å². The Balaban J connectivity index is 2.21. The lowest BCUT2D eigenvalue weighted by Gasteiger charge is -2.05. The van der Waals surface area contributed by atoms with Crippen molar-refractivity contribution < 1.29 is 18.0 Å². The van der Waals surface area contributed by atoms with E-state index >= 15 is 0 Å². The van der Waals surface area contributed by atoms with E-state index in [9.17, 15) is 18.0 Å². The maximum absolute atomic E-state index is 12.9. The minimum absolute atomic E-state index is 0.185. The molecule has 100 valence electrons. The Kier molecular flexibility index (Phi) is 4.01. The second-order valence-electron chi connectivity index (χ2n) is 3.37. The van der Waals surface area contributed by atoms with Crippen molar-refractivity contribution in [3.63, 3.8) is 0 Å². The van der Waals surface area contributed by atoms with Crippen molar-refractivity contribution in [1.82, 2.24) is 9.59 Å². The molecule has 0 fully saturated rings. The van der Waals surface area contributed by atoms with Gasteiger partial charge in [0.2, 0.25) is 0 Å². The average Bonchev–Trinajstić information content (AvgIpc) is 2.83. The Hall–Kier alpha value is -1.67. The molecule has 0 atom stereocenters. The molecule has 2 aromatic rings. The summed E-state index contributed by atoms with van der Waals surface area (Å²) in [4.78, 5) is 11.4. The minimum Gasteiger partial charge on any atom is -0.321 e. The van der Waals surface area contributed by atoms with E-state index in [0.717, 1.165) is 6.07 Å². The lowest BCUT2D eigenvalue weighted by molar-refractivity contribution is 0.101. The Bertz CT molecular complexity index is 620. The number of hydrogen-bond acceptors (Lipinski definition) is 4. The quantitative estimate of drug-likeness (QED) is 0.944. The van der Waals surface area contributed by atoms with Crippen LogP contribution in [0.2, 0.25) is 5.02 Å². The van der Waals surface area contributed by atoms with Crippen molar-refractivity contribution in [2.24, 2.45) is 0 Å². The van der Waals surface area contributed by atoms with Gasteiger partial charge >= 0.3 is 0 Å². The summed E-state index contributed by atoms with van der Waals surface area (Å²) in [5, 5.41) is 5.31. The number of benzene rings is 1. The highest BCUT2D eigenvalue weighted by atomic mass is 35.5. The van der Waals surface area contributed by atoms with Crippen LogP contribution in [0.5, 0.6) is 0 Å². The molecule has 0 aliphatic heterocycles. The third-order valence-corrected chi connectivity index (χ3v) is 3.13. The van der Waals surface area contributed by atoms with Gasteiger partial charge in [0.15, 0.2) is 5.69 Å². The molecule has 0 saturated carbocycles. The first-order chi connectivity index (χ1) is 8.99. The number of carbonyl (C=O) groups is 1. The van der Waals surface area contributed by atoms with Crippen LogP contribution in [-0.2, 0) is 0 Å². The first-order valence-electron chi connectivity index (χ1n) is 4.86. The molecule has 1 amide bonds. The molecule has 0 aliphatic rings. The van der Waals surface area contributed by atoms with E-state index < -0.39 is 23.8 Å². The monoisotopic (exact) mass is 307 g/mol. The van der Waals surface area contributed by atoms with Gasteiger partial charge in [0.05, 0.1) is 5.02 Å². The maximum Gasteiger partial charge on any atom is 0.283 e. The summed E-state index contributed by atoms with van der Waals surface area (Å²) in [6, 6.07) is 3.48. The van der Waals surface area contributed by atoms with Gasteiger partial charge in [0.1, 0.15) is 10.7 Å². The standard InChI is InChI=1S/C10H5ClF3N3OS/c11-5-3-4(1-2-6(5)12)15-10(18)8-7(9(13)14)16-17-19-8/h1-3,9H,(H,15,18). The SMILES string of the molecule is O=C(Nc1ccc(F)c(Cl)c1)c1snnc1C(F)F. The van der Waals surface area contributed by atoms with Gasteiger partial charge < -0.3 is 5.32 Å². The molecule has 0 bridgehead atoms. The van der Waals surface area contributed by atoms with Crippen molar-refractivity contribution in [2.45, 2.75) is 6.43 Å². The molecule has 0 radical (unpaired) electrons. The summed E-state index contributed by atoms with van der Waals surface area (Å²) in [5.74, 6) is -1.44. The molecule has 1 N–H and O–H groups in total. The number of nitrogens with zero attached hydrogens (tertiary/aromatic N) is 2. The van der Waals surface area contributed by atoms with Crippen LogP contribution >= 0.6 is 23.1 Å². The van der Waals surface area contributed by atoms with Crippen LogP contribution in [0.15, 0.2) is 18.2 Å². The zero-order chi connectivity index (χ0) is 14.0. The topological polar surface area (TPSA) is 54.9 Å². The summed E-state index contributed by atoms with van der Waals surface area (Å²) < 4.78 is 41.3. The molecule has 0 spiro atoms. The second-order valence-corrected chi connectivity index (χ2v) is 4.53. The Labute approximate surface area is 114 Å². The molecule has 1 heterocycles.